The van der Waals surface area contributed by atoms with Gasteiger partial charge in [-0.15, -0.1) is 11.3 Å². The molecule has 0 atom stereocenters. The van der Waals surface area contributed by atoms with Crippen molar-refractivity contribution in [3.63, 3.8) is 0 Å². The van der Waals surface area contributed by atoms with Crippen molar-refractivity contribution < 1.29 is 18.3 Å². The number of alkyl halides is 2. The second kappa shape index (κ2) is 11.1. The molecule has 9 heteroatoms. The van der Waals surface area contributed by atoms with Crippen LogP contribution in [0.4, 0.5) is 8.78 Å². The number of nitrogens with zero attached hydrogens (tertiary/aromatic N) is 2. The zero-order valence-electron chi connectivity index (χ0n) is 18.1. The number of guanidine groups is 1. The van der Waals surface area contributed by atoms with Crippen LogP contribution < -0.4 is 20.1 Å². The molecule has 6 nitrogen and oxygen atoms in total. The van der Waals surface area contributed by atoms with Gasteiger partial charge in [0.05, 0.1) is 17.3 Å². The molecule has 0 radical (unpaired) electrons. The Labute approximate surface area is 180 Å². The van der Waals surface area contributed by atoms with Crippen molar-refractivity contribution in [3.05, 3.63) is 39.8 Å². The summed E-state index contributed by atoms with van der Waals surface area (Å²) in [6, 6.07) is 5.06. The second-order valence-electron chi connectivity index (χ2n) is 7.53. The van der Waals surface area contributed by atoms with Crippen LogP contribution in [0, 0.1) is 0 Å². The van der Waals surface area contributed by atoms with Crippen molar-refractivity contribution in [3.8, 4) is 11.5 Å². The quantitative estimate of drug-likeness (QED) is 0.448. The Hall–Kier alpha value is -2.42. The fourth-order valence-electron chi connectivity index (χ4n) is 2.65. The molecule has 0 amide bonds. The number of halogens is 2. The molecule has 0 fully saturated rings. The number of benzene rings is 1. The smallest absolute Gasteiger partial charge is 0.387 e. The molecule has 1 aromatic carbocycles. The van der Waals surface area contributed by atoms with E-state index in [2.05, 4.69) is 46.8 Å². The number of ether oxygens (including phenoxy) is 2. The maximum atomic E-state index is 12.8. The third-order valence-corrected chi connectivity index (χ3v) is 5.10. The first kappa shape index (κ1) is 23.9. The Bertz CT molecular complexity index is 835. The van der Waals surface area contributed by atoms with E-state index in [4.69, 9.17) is 9.47 Å². The number of aromatic nitrogens is 1. The zero-order valence-corrected chi connectivity index (χ0v) is 18.9. The van der Waals surface area contributed by atoms with Crippen molar-refractivity contribution in [1.82, 2.24) is 15.6 Å². The van der Waals surface area contributed by atoms with E-state index in [1.807, 2.05) is 0 Å². The molecule has 0 saturated carbocycles. The highest BCUT2D eigenvalue weighted by atomic mass is 32.1. The molecule has 2 rings (SSSR count). The number of hydrogen-bond acceptors (Lipinski definition) is 5. The van der Waals surface area contributed by atoms with E-state index in [1.165, 1.54) is 0 Å². The monoisotopic (exact) mass is 440 g/mol. The number of hydrogen-bond donors (Lipinski definition) is 2. The van der Waals surface area contributed by atoms with E-state index < -0.39 is 6.61 Å². The van der Waals surface area contributed by atoms with Crippen LogP contribution in [0.2, 0.25) is 0 Å². The molecule has 166 valence electrons. The average molecular weight is 441 g/mol. The molecule has 0 aliphatic heterocycles. The van der Waals surface area contributed by atoms with E-state index in [-0.39, 0.29) is 17.7 Å². The van der Waals surface area contributed by atoms with Crippen LogP contribution in [-0.2, 0) is 18.4 Å². The molecule has 1 heterocycles. The molecule has 30 heavy (non-hydrogen) atoms. The van der Waals surface area contributed by atoms with Gasteiger partial charge >= 0.3 is 6.61 Å². The summed E-state index contributed by atoms with van der Waals surface area (Å²) >= 11 is 1.65. The summed E-state index contributed by atoms with van der Waals surface area (Å²) in [7, 11) is 1.66. The number of thiazole rings is 1. The summed E-state index contributed by atoms with van der Waals surface area (Å²) < 4.78 is 35.8. The number of nitrogens with one attached hydrogen (secondary N) is 2. The Morgan fingerprint density at radius 3 is 2.63 bits per heavy atom. The van der Waals surface area contributed by atoms with E-state index in [9.17, 15) is 8.78 Å². The lowest BCUT2D eigenvalue weighted by molar-refractivity contribution is -0.0520. The summed E-state index contributed by atoms with van der Waals surface area (Å²) in [6.45, 7) is 6.54. The van der Waals surface area contributed by atoms with Gasteiger partial charge in [-0.25, -0.2) is 4.98 Å². The van der Waals surface area contributed by atoms with Crippen molar-refractivity contribution >= 4 is 17.3 Å². The van der Waals surface area contributed by atoms with Gasteiger partial charge in [0.1, 0.15) is 0 Å². The fraction of sp³-hybridized carbons (Fsp3) is 0.524. The normalized spacial score (nSPS) is 12.2. The lowest BCUT2D eigenvalue weighted by Crippen LogP contribution is -2.38. The largest absolute Gasteiger partial charge is 0.490 e. The van der Waals surface area contributed by atoms with Crippen LogP contribution in [0.3, 0.4) is 0 Å². The Kier molecular flexibility index (Phi) is 8.83. The SMILES string of the molecule is CCOc1cccc(CNC(=NC)NCCc2nc(C(C)(C)C)cs2)c1OC(F)F. The molecular formula is C21H30F2N4O2S. The Balaban J connectivity index is 1.94. The van der Waals surface area contributed by atoms with Gasteiger partial charge in [0.15, 0.2) is 17.5 Å². The number of rotatable bonds is 9. The van der Waals surface area contributed by atoms with Crippen molar-refractivity contribution in [2.75, 3.05) is 20.2 Å². The Morgan fingerprint density at radius 2 is 2.03 bits per heavy atom. The molecule has 0 saturated heterocycles. The van der Waals surface area contributed by atoms with Gasteiger partial charge in [-0.1, -0.05) is 32.9 Å². The lowest BCUT2D eigenvalue weighted by Gasteiger charge is -2.17. The highest BCUT2D eigenvalue weighted by molar-refractivity contribution is 7.09. The summed E-state index contributed by atoms with van der Waals surface area (Å²) in [5.74, 6) is 0.890. The molecule has 2 N–H and O–H groups in total. The van der Waals surface area contributed by atoms with Gasteiger partial charge in [-0.05, 0) is 13.0 Å². The lowest BCUT2D eigenvalue weighted by atomic mass is 9.93. The summed E-state index contributed by atoms with van der Waals surface area (Å²) in [5.41, 5.74) is 1.68. The maximum absolute atomic E-state index is 12.8. The van der Waals surface area contributed by atoms with Gasteiger partial charge in [-0.3, -0.25) is 4.99 Å². The topological polar surface area (TPSA) is 67.8 Å². The molecule has 2 aromatic rings. The van der Waals surface area contributed by atoms with E-state index in [0.29, 0.717) is 30.4 Å². The summed E-state index contributed by atoms with van der Waals surface area (Å²) in [5, 5.41) is 9.50. The fourth-order valence-corrected chi connectivity index (χ4v) is 3.67. The molecule has 0 spiro atoms. The Morgan fingerprint density at radius 1 is 1.27 bits per heavy atom. The van der Waals surface area contributed by atoms with E-state index in [0.717, 1.165) is 17.1 Å². The first-order chi connectivity index (χ1) is 14.2. The predicted molar refractivity (Wildman–Crippen MR) is 117 cm³/mol. The van der Waals surface area contributed by atoms with Crippen LogP contribution in [0.5, 0.6) is 11.5 Å². The zero-order chi connectivity index (χ0) is 22.1. The van der Waals surface area contributed by atoms with E-state index in [1.54, 1.807) is 43.5 Å². The van der Waals surface area contributed by atoms with Crippen LogP contribution in [-0.4, -0.2) is 37.8 Å². The minimum Gasteiger partial charge on any atom is -0.490 e. The predicted octanol–water partition coefficient (Wildman–Crippen LogP) is 4.35. The van der Waals surface area contributed by atoms with Crippen molar-refractivity contribution in [2.45, 2.75) is 52.7 Å². The van der Waals surface area contributed by atoms with Crippen molar-refractivity contribution in [2.24, 2.45) is 4.99 Å². The highest BCUT2D eigenvalue weighted by Gasteiger charge is 2.18. The first-order valence-corrected chi connectivity index (χ1v) is 10.7. The molecule has 0 bridgehead atoms. The van der Waals surface area contributed by atoms with Gasteiger partial charge in [-0.2, -0.15) is 8.78 Å². The molecule has 1 aromatic heterocycles. The van der Waals surface area contributed by atoms with Gasteiger partial charge in [0.2, 0.25) is 0 Å². The molecular weight excluding hydrogens is 410 g/mol. The maximum Gasteiger partial charge on any atom is 0.387 e. The highest BCUT2D eigenvalue weighted by Crippen LogP contribution is 2.32. The number of aliphatic imine (C=N–C) groups is 1. The molecule has 0 aliphatic rings. The van der Waals surface area contributed by atoms with Gasteiger partial charge in [0.25, 0.3) is 0 Å². The summed E-state index contributed by atoms with van der Waals surface area (Å²) in [4.78, 5) is 8.87. The third-order valence-electron chi connectivity index (χ3n) is 4.19. The van der Waals surface area contributed by atoms with Gasteiger partial charge in [0, 0.05) is 42.9 Å². The van der Waals surface area contributed by atoms with Crippen LogP contribution >= 0.6 is 11.3 Å². The second-order valence-corrected chi connectivity index (χ2v) is 8.48. The van der Waals surface area contributed by atoms with Crippen LogP contribution in [0.1, 0.15) is 44.0 Å². The first-order valence-electron chi connectivity index (χ1n) is 9.83. The molecule has 0 unspecified atom stereocenters. The minimum absolute atomic E-state index is 0.0355. The van der Waals surface area contributed by atoms with Crippen LogP contribution in [0.15, 0.2) is 28.6 Å². The van der Waals surface area contributed by atoms with E-state index >= 15 is 0 Å². The van der Waals surface area contributed by atoms with Crippen LogP contribution in [0.25, 0.3) is 0 Å². The third kappa shape index (κ3) is 7.12. The number of para-hydroxylation sites is 1. The van der Waals surface area contributed by atoms with Gasteiger partial charge < -0.3 is 20.1 Å². The molecule has 0 aliphatic carbocycles. The standard InChI is InChI=1S/C21H30F2N4O2S/c1-6-28-15-9-7-8-14(18(15)29-19(22)23)12-26-20(24-5)25-11-10-17-27-16(13-30-17)21(2,3)4/h7-9,13,19H,6,10-12H2,1-5H3,(H2,24,25,26). The summed E-state index contributed by atoms with van der Waals surface area (Å²) in [6.07, 6.45) is 0.765. The minimum atomic E-state index is -2.93. The average Bonchev–Trinajstić information content (AvgIpc) is 3.16. The van der Waals surface area contributed by atoms with Crippen molar-refractivity contribution in [1.29, 1.82) is 0 Å².